The second-order valence-corrected chi connectivity index (χ2v) is 6.75. The Balaban J connectivity index is 1.68. The van der Waals surface area contributed by atoms with Crippen LogP contribution >= 0.6 is 0 Å². The van der Waals surface area contributed by atoms with Crippen LogP contribution in [0.25, 0.3) is 0 Å². The van der Waals surface area contributed by atoms with Crippen LogP contribution in [0.15, 0.2) is 18.2 Å². The van der Waals surface area contributed by atoms with Crippen molar-refractivity contribution in [3.05, 3.63) is 34.9 Å². The Kier molecular flexibility index (Phi) is 4.24. The highest BCUT2D eigenvalue weighted by molar-refractivity contribution is 5.83. The van der Waals surface area contributed by atoms with Gasteiger partial charge in [0, 0.05) is 12.8 Å². The Bertz CT molecular complexity index is 481. The van der Waals surface area contributed by atoms with E-state index >= 15 is 0 Å². The van der Waals surface area contributed by atoms with E-state index in [0.717, 1.165) is 24.7 Å². The Hall–Kier alpha value is -1.11. The number of hydrogen-bond donors (Lipinski definition) is 0. The lowest BCUT2D eigenvalue weighted by Crippen LogP contribution is -2.16. The highest BCUT2D eigenvalue weighted by Crippen LogP contribution is 2.38. The maximum atomic E-state index is 11.5. The molecule has 3 rings (SSSR count). The molecule has 0 amide bonds. The van der Waals surface area contributed by atoms with Gasteiger partial charge in [0.1, 0.15) is 5.78 Å². The van der Waals surface area contributed by atoms with E-state index in [1.165, 1.54) is 55.2 Å². The summed E-state index contributed by atoms with van der Waals surface area (Å²) in [6, 6.07) is 6.93. The van der Waals surface area contributed by atoms with E-state index in [4.69, 9.17) is 0 Å². The van der Waals surface area contributed by atoms with Crippen LogP contribution in [0, 0.1) is 5.92 Å². The maximum absolute atomic E-state index is 11.5. The van der Waals surface area contributed by atoms with E-state index in [9.17, 15) is 4.79 Å². The van der Waals surface area contributed by atoms with Gasteiger partial charge >= 0.3 is 0 Å². The van der Waals surface area contributed by atoms with Gasteiger partial charge in [0.15, 0.2) is 0 Å². The fourth-order valence-electron chi connectivity index (χ4n) is 4.07. The molecule has 0 saturated heterocycles. The summed E-state index contributed by atoms with van der Waals surface area (Å²) in [4.78, 5) is 11.5. The molecule has 0 radical (unpaired) electrons. The number of carbonyl (C=O) groups is 1. The largest absolute Gasteiger partial charge is 0.299 e. The number of aryl methyl sites for hydroxylation is 1. The van der Waals surface area contributed by atoms with Crippen LogP contribution in [-0.4, -0.2) is 5.78 Å². The average molecular weight is 270 g/mol. The molecule has 1 heteroatoms. The topological polar surface area (TPSA) is 17.1 Å². The lowest BCUT2D eigenvalue weighted by molar-refractivity contribution is -0.118. The van der Waals surface area contributed by atoms with Crippen LogP contribution in [0.1, 0.15) is 74.5 Å². The normalized spacial score (nSPS) is 26.4. The quantitative estimate of drug-likeness (QED) is 0.769. The Labute approximate surface area is 122 Å². The molecule has 1 saturated carbocycles. The first kappa shape index (κ1) is 13.9. The molecule has 2 aliphatic carbocycles. The summed E-state index contributed by atoms with van der Waals surface area (Å²) in [6.45, 7) is 2.30. The predicted octanol–water partition coefficient (Wildman–Crippen LogP) is 4.82. The van der Waals surface area contributed by atoms with E-state index in [-0.39, 0.29) is 0 Å². The minimum Gasteiger partial charge on any atom is -0.299 e. The first-order valence-corrected chi connectivity index (χ1v) is 8.39. The molecular weight excluding hydrogens is 244 g/mol. The van der Waals surface area contributed by atoms with E-state index < -0.39 is 0 Å². The van der Waals surface area contributed by atoms with Gasteiger partial charge < -0.3 is 0 Å². The first-order valence-electron chi connectivity index (χ1n) is 8.39. The maximum Gasteiger partial charge on any atom is 0.137 e. The molecule has 2 aliphatic rings. The molecule has 0 spiro atoms. The molecular formula is C19H26O. The molecule has 1 aromatic carbocycles. The minimum absolute atomic E-state index is 0.408. The molecule has 1 fully saturated rings. The molecule has 0 aliphatic heterocycles. The highest BCUT2D eigenvalue weighted by atomic mass is 16.1. The summed E-state index contributed by atoms with van der Waals surface area (Å²) in [5, 5.41) is 0. The number of ketones is 1. The monoisotopic (exact) mass is 270 g/mol. The molecule has 0 atom stereocenters. The van der Waals surface area contributed by atoms with Crippen molar-refractivity contribution < 1.29 is 4.79 Å². The van der Waals surface area contributed by atoms with Gasteiger partial charge in [-0.2, -0.15) is 0 Å². The molecule has 0 unspecified atom stereocenters. The lowest BCUT2D eigenvalue weighted by atomic mass is 9.76. The number of benzene rings is 1. The van der Waals surface area contributed by atoms with Crippen molar-refractivity contribution in [2.45, 2.75) is 70.6 Å². The van der Waals surface area contributed by atoms with Crippen LogP contribution in [-0.2, 0) is 17.6 Å². The third-order valence-corrected chi connectivity index (χ3v) is 5.31. The van der Waals surface area contributed by atoms with Gasteiger partial charge in [-0.1, -0.05) is 38.0 Å². The molecule has 1 nitrogen and oxygen atoms in total. The predicted molar refractivity (Wildman–Crippen MR) is 83.1 cm³/mol. The second kappa shape index (κ2) is 6.11. The van der Waals surface area contributed by atoms with Crippen LogP contribution < -0.4 is 0 Å². The van der Waals surface area contributed by atoms with Crippen LogP contribution in [0.2, 0.25) is 0 Å². The summed E-state index contributed by atoms with van der Waals surface area (Å²) < 4.78 is 0. The van der Waals surface area contributed by atoms with Crippen molar-refractivity contribution in [2.24, 2.45) is 5.92 Å². The summed E-state index contributed by atoms with van der Waals surface area (Å²) in [6.07, 6.45) is 10.7. The molecule has 0 heterocycles. The molecule has 0 bridgehead atoms. The fourth-order valence-corrected chi connectivity index (χ4v) is 4.07. The number of Topliss-reactive ketones (excluding diaryl/α,β-unsaturated/α-hetero) is 1. The van der Waals surface area contributed by atoms with Gasteiger partial charge in [0.2, 0.25) is 0 Å². The van der Waals surface area contributed by atoms with Crippen molar-refractivity contribution in [3.63, 3.8) is 0 Å². The van der Waals surface area contributed by atoms with Crippen LogP contribution in [0.4, 0.5) is 0 Å². The first-order chi connectivity index (χ1) is 9.76. The van der Waals surface area contributed by atoms with Gasteiger partial charge in [-0.25, -0.2) is 0 Å². The van der Waals surface area contributed by atoms with E-state index in [2.05, 4.69) is 25.1 Å². The van der Waals surface area contributed by atoms with Crippen molar-refractivity contribution in [3.8, 4) is 0 Å². The van der Waals surface area contributed by atoms with E-state index in [1.807, 2.05) is 0 Å². The van der Waals surface area contributed by atoms with Crippen molar-refractivity contribution >= 4 is 5.78 Å². The average Bonchev–Trinajstić information content (AvgIpc) is 2.48. The summed E-state index contributed by atoms with van der Waals surface area (Å²) >= 11 is 0. The Morgan fingerprint density at radius 2 is 1.85 bits per heavy atom. The number of fused-ring (bicyclic) bond motifs is 1. The van der Waals surface area contributed by atoms with E-state index in [0.29, 0.717) is 12.2 Å². The standard InChI is InChI=1S/C19H26O/c1-2-3-14-4-6-15(7-5-14)16-8-9-18-13-19(20)11-10-17(18)12-16/h8-9,12,14-15H,2-7,10-11,13H2,1H3. The molecule has 1 aromatic rings. The Morgan fingerprint density at radius 1 is 1.05 bits per heavy atom. The minimum atomic E-state index is 0.408. The third-order valence-electron chi connectivity index (χ3n) is 5.31. The summed E-state index contributed by atoms with van der Waals surface area (Å²) in [5.41, 5.74) is 4.26. The zero-order valence-corrected chi connectivity index (χ0v) is 12.7. The van der Waals surface area contributed by atoms with Gasteiger partial charge in [0.05, 0.1) is 0 Å². The summed E-state index contributed by atoms with van der Waals surface area (Å²) in [7, 11) is 0. The number of carbonyl (C=O) groups excluding carboxylic acids is 1. The van der Waals surface area contributed by atoms with Gasteiger partial charge in [-0.3, -0.25) is 4.79 Å². The second-order valence-electron chi connectivity index (χ2n) is 6.75. The fraction of sp³-hybridized carbons (Fsp3) is 0.632. The molecule has 20 heavy (non-hydrogen) atoms. The van der Waals surface area contributed by atoms with Gasteiger partial charge in [0.25, 0.3) is 0 Å². The lowest BCUT2D eigenvalue weighted by Gasteiger charge is -2.29. The van der Waals surface area contributed by atoms with Crippen molar-refractivity contribution in [1.29, 1.82) is 0 Å². The smallest absolute Gasteiger partial charge is 0.137 e. The van der Waals surface area contributed by atoms with E-state index in [1.54, 1.807) is 0 Å². The van der Waals surface area contributed by atoms with Crippen molar-refractivity contribution in [2.75, 3.05) is 0 Å². The zero-order chi connectivity index (χ0) is 13.9. The van der Waals surface area contributed by atoms with Crippen molar-refractivity contribution in [1.82, 2.24) is 0 Å². The Morgan fingerprint density at radius 3 is 2.60 bits per heavy atom. The SMILES string of the molecule is CCCC1CCC(c2ccc3c(c2)CCC(=O)C3)CC1. The summed E-state index contributed by atoms with van der Waals surface area (Å²) in [5.74, 6) is 2.16. The van der Waals surface area contributed by atoms with Crippen LogP contribution in [0.5, 0.6) is 0 Å². The number of hydrogen-bond acceptors (Lipinski definition) is 1. The van der Waals surface area contributed by atoms with Gasteiger partial charge in [-0.15, -0.1) is 0 Å². The molecule has 0 aromatic heterocycles. The highest BCUT2D eigenvalue weighted by Gasteiger charge is 2.23. The van der Waals surface area contributed by atoms with Gasteiger partial charge in [-0.05, 0) is 60.6 Å². The van der Waals surface area contributed by atoms with Crippen LogP contribution in [0.3, 0.4) is 0 Å². The molecule has 108 valence electrons. The molecule has 0 N–H and O–H groups in total. The third kappa shape index (κ3) is 2.97. The zero-order valence-electron chi connectivity index (χ0n) is 12.7. The number of rotatable bonds is 3.